The van der Waals surface area contributed by atoms with Crippen molar-refractivity contribution in [3.8, 4) is 0 Å². The standard InChI is InChI=1S/C15H20BrClN2O/c1-2-19(10-11-5-7-18-8-6-11)15(20)12-3-4-14(17)13(16)9-12/h3-4,9,11,18H,2,5-8,10H2,1H3. The maximum absolute atomic E-state index is 12.6. The minimum absolute atomic E-state index is 0.0865. The fourth-order valence-electron chi connectivity index (χ4n) is 2.54. The zero-order valence-electron chi connectivity index (χ0n) is 11.7. The molecule has 0 spiro atoms. The number of hydrogen-bond acceptors (Lipinski definition) is 2. The number of halogens is 2. The molecule has 1 aromatic rings. The highest BCUT2D eigenvalue weighted by atomic mass is 79.9. The topological polar surface area (TPSA) is 32.3 Å². The molecule has 1 aliphatic heterocycles. The van der Waals surface area contributed by atoms with Crippen LogP contribution in [0, 0.1) is 5.92 Å². The number of hydrogen-bond donors (Lipinski definition) is 1. The summed E-state index contributed by atoms with van der Waals surface area (Å²) in [5.41, 5.74) is 0.692. The molecular formula is C15H20BrClN2O. The first-order valence-electron chi connectivity index (χ1n) is 7.07. The monoisotopic (exact) mass is 358 g/mol. The lowest BCUT2D eigenvalue weighted by Gasteiger charge is -2.29. The average Bonchev–Trinajstić information content (AvgIpc) is 2.48. The molecule has 0 radical (unpaired) electrons. The Hall–Kier alpha value is -0.580. The van der Waals surface area contributed by atoms with Gasteiger partial charge < -0.3 is 10.2 Å². The van der Waals surface area contributed by atoms with Crippen LogP contribution in [0.15, 0.2) is 22.7 Å². The Morgan fingerprint density at radius 3 is 2.75 bits per heavy atom. The summed E-state index contributed by atoms with van der Waals surface area (Å²) in [6.45, 7) is 5.73. The van der Waals surface area contributed by atoms with Gasteiger partial charge in [-0.25, -0.2) is 0 Å². The normalized spacial score (nSPS) is 16.1. The van der Waals surface area contributed by atoms with Crippen LogP contribution in [0.3, 0.4) is 0 Å². The lowest BCUT2D eigenvalue weighted by Crippen LogP contribution is -2.39. The van der Waals surface area contributed by atoms with E-state index in [4.69, 9.17) is 11.6 Å². The SMILES string of the molecule is CCN(CC1CCNCC1)C(=O)c1ccc(Cl)c(Br)c1. The van der Waals surface area contributed by atoms with Gasteiger partial charge in [0.2, 0.25) is 0 Å². The van der Waals surface area contributed by atoms with Gasteiger partial charge in [0, 0.05) is 23.1 Å². The van der Waals surface area contributed by atoms with Crippen LogP contribution in [0.25, 0.3) is 0 Å². The van der Waals surface area contributed by atoms with Gasteiger partial charge in [-0.15, -0.1) is 0 Å². The first kappa shape index (κ1) is 15.8. The molecule has 110 valence electrons. The molecule has 1 aromatic carbocycles. The zero-order chi connectivity index (χ0) is 14.5. The van der Waals surface area contributed by atoms with Crippen LogP contribution in [0.2, 0.25) is 5.02 Å². The molecule has 1 N–H and O–H groups in total. The van der Waals surface area contributed by atoms with E-state index in [1.807, 2.05) is 11.8 Å². The molecular weight excluding hydrogens is 340 g/mol. The highest BCUT2D eigenvalue weighted by Crippen LogP contribution is 2.24. The van der Waals surface area contributed by atoms with Crippen LogP contribution < -0.4 is 5.32 Å². The Labute approximate surface area is 133 Å². The minimum Gasteiger partial charge on any atom is -0.339 e. The van der Waals surface area contributed by atoms with E-state index in [9.17, 15) is 4.79 Å². The van der Waals surface area contributed by atoms with Gasteiger partial charge in [0.25, 0.3) is 5.91 Å². The van der Waals surface area contributed by atoms with Crippen molar-refractivity contribution >= 4 is 33.4 Å². The molecule has 0 bridgehead atoms. The summed E-state index contributed by atoms with van der Waals surface area (Å²) in [6.07, 6.45) is 2.29. The molecule has 0 saturated carbocycles. The Morgan fingerprint density at radius 2 is 2.15 bits per heavy atom. The second kappa shape index (κ2) is 7.43. The van der Waals surface area contributed by atoms with Gasteiger partial charge in [-0.3, -0.25) is 4.79 Å². The van der Waals surface area contributed by atoms with Gasteiger partial charge in [-0.1, -0.05) is 11.6 Å². The van der Waals surface area contributed by atoms with Crippen LogP contribution in [0.1, 0.15) is 30.1 Å². The molecule has 0 aromatic heterocycles. The van der Waals surface area contributed by atoms with Gasteiger partial charge >= 0.3 is 0 Å². The molecule has 1 fully saturated rings. The number of amides is 1. The summed E-state index contributed by atoms with van der Waals surface area (Å²) < 4.78 is 0.767. The summed E-state index contributed by atoms with van der Waals surface area (Å²) in [6, 6.07) is 5.35. The van der Waals surface area contributed by atoms with E-state index in [1.165, 1.54) is 0 Å². The third-order valence-electron chi connectivity index (χ3n) is 3.77. The third kappa shape index (κ3) is 3.96. The zero-order valence-corrected chi connectivity index (χ0v) is 14.0. The highest BCUT2D eigenvalue weighted by Gasteiger charge is 2.21. The van der Waals surface area contributed by atoms with Crippen molar-refractivity contribution in [2.75, 3.05) is 26.2 Å². The molecule has 0 atom stereocenters. The molecule has 2 rings (SSSR count). The van der Waals surface area contributed by atoms with E-state index >= 15 is 0 Å². The maximum atomic E-state index is 12.6. The van der Waals surface area contributed by atoms with Crippen molar-refractivity contribution in [3.05, 3.63) is 33.3 Å². The second-order valence-electron chi connectivity index (χ2n) is 5.17. The van der Waals surface area contributed by atoms with Gasteiger partial charge in [0.05, 0.1) is 5.02 Å². The van der Waals surface area contributed by atoms with Crippen molar-refractivity contribution in [3.63, 3.8) is 0 Å². The molecule has 3 nitrogen and oxygen atoms in total. The Bertz CT molecular complexity index is 475. The van der Waals surface area contributed by atoms with Crippen LogP contribution in [0.5, 0.6) is 0 Å². The molecule has 0 unspecified atom stereocenters. The number of carbonyl (C=O) groups is 1. The van der Waals surface area contributed by atoms with Gasteiger partial charge in [0.15, 0.2) is 0 Å². The average molecular weight is 360 g/mol. The van der Waals surface area contributed by atoms with E-state index in [0.29, 0.717) is 16.5 Å². The summed E-state index contributed by atoms with van der Waals surface area (Å²) >= 11 is 9.35. The van der Waals surface area contributed by atoms with Crippen LogP contribution in [-0.4, -0.2) is 37.0 Å². The van der Waals surface area contributed by atoms with Crippen molar-refractivity contribution < 1.29 is 4.79 Å². The van der Waals surface area contributed by atoms with Crippen molar-refractivity contribution in [1.29, 1.82) is 0 Å². The van der Waals surface area contributed by atoms with Crippen LogP contribution in [0.4, 0.5) is 0 Å². The fourth-order valence-corrected chi connectivity index (χ4v) is 3.04. The number of carbonyl (C=O) groups excluding carboxylic acids is 1. The van der Waals surface area contributed by atoms with E-state index < -0.39 is 0 Å². The molecule has 1 amide bonds. The largest absolute Gasteiger partial charge is 0.339 e. The third-order valence-corrected chi connectivity index (χ3v) is 4.99. The first-order valence-corrected chi connectivity index (χ1v) is 8.24. The first-order chi connectivity index (χ1) is 9.61. The predicted molar refractivity (Wildman–Crippen MR) is 86.3 cm³/mol. The van der Waals surface area contributed by atoms with Crippen LogP contribution in [-0.2, 0) is 0 Å². The summed E-state index contributed by atoms with van der Waals surface area (Å²) in [7, 11) is 0. The maximum Gasteiger partial charge on any atom is 0.253 e. The van der Waals surface area contributed by atoms with Crippen molar-refractivity contribution in [2.45, 2.75) is 19.8 Å². The molecule has 0 aliphatic carbocycles. The summed E-state index contributed by atoms with van der Waals surface area (Å²) in [5, 5.41) is 3.98. The lowest BCUT2D eigenvalue weighted by molar-refractivity contribution is 0.0726. The molecule has 1 saturated heterocycles. The highest BCUT2D eigenvalue weighted by molar-refractivity contribution is 9.10. The lowest BCUT2D eigenvalue weighted by atomic mass is 9.97. The molecule has 1 heterocycles. The number of rotatable bonds is 4. The number of nitrogens with one attached hydrogen (secondary N) is 1. The molecule has 1 aliphatic rings. The van der Waals surface area contributed by atoms with Gasteiger partial charge in [-0.05, 0) is 72.9 Å². The van der Waals surface area contributed by atoms with E-state index in [0.717, 1.165) is 43.5 Å². The van der Waals surface area contributed by atoms with Crippen molar-refractivity contribution in [1.82, 2.24) is 10.2 Å². The Morgan fingerprint density at radius 1 is 1.45 bits per heavy atom. The van der Waals surface area contributed by atoms with E-state index in [1.54, 1.807) is 18.2 Å². The number of benzene rings is 1. The number of nitrogens with zero attached hydrogens (tertiary/aromatic N) is 1. The minimum atomic E-state index is 0.0865. The predicted octanol–water partition coefficient (Wildman–Crippen LogP) is 3.56. The molecule has 5 heteroatoms. The Balaban J connectivity index is 2.05. The summed E-state index contributed by atoms with van der Waals surface area (Å²) in [5.74, 6) is 0.694. The van der Waals surface area contributed by atoms with E-state index in [-0.39, 0.29) is 5.91 Å². The molecule has 20 heavy (non-hydrogen) atoms. The van der Waals surface area contributed by atoms with Gasteiger partial charge in [0.1, 0.15) is 0 Å². The van der Waals surface area contributed by atoms with Gasteiger partial charge in [-0.2, -0.15) is 0 Å². The second-order valence-corrected chi connectivity index (χ2v) is 6.43. The van der Waals surface area contributed by atoms with Crippen LogP contribution >= 0.6 is 27.5 Å². The van der Waals surface area contributed by atoms with E-state index in [2.05, 4.69) is 21.2 Å². The smallest absolute Gasteiger partial charge is 0.253 e. The number of piperidine rings is 1. The Kier molecular flexibility index (Phi) is 5.87. The quantitative estimate of drug-likeness (QED) is 0.891. The van der Waals surface area contributed by atoms with Crippen molar-refractivity contribution in [2.24, 2.45) is 5.92 Å². The fraction of sp³-hybridized carbons (Fsp3) is 0.533. The summed E-state index contributed by atoms with van der Waals surface area (Å²) in [4.78, 5) is 14.5.